The second kappa shape index (κ2) is 21.7. The van der Waals surface area contributed by atoms with Gasteiger partial charge in [-0.05, 0) is 51.4 Å². The van der Waals surface area contributed by atoms with E-state index in [0.29, 0.717) is 0 Å². The van der Waals surface area contributed by atoms with Crippen molar-refractivity contribution in [2.24, 2.45) is 0 Å². The average molecular weight is 397 g/mol. The van der Waals surface area contributed by atoms with Crippen molar-refractivity contribution >= 4 is 0 Å². The first-order valence-electron chi connectivity index (χ1n) is 13.6. The van der Waals surface area contributed by atoms with Crippen molar-refractivity contribution in [3.05, 3.63) is 0 Å². The molecule has 0 atom stereocenters. The fourth-order valence-corrected chi connectivity index (χ4v) is 4.70. The highest BCUT2D eigenvalue weighted by atomic mass is 15.3. The molecule has 0 spiro atoms. The minimum absolute atomic E-state index is 1.37. The van der Waals surface area contributed by atoms with Gasteiger partial charge >= 0.3 is 0 Å². The lowest BCUT2D eigenvalue weighted by molar-refractivity contribution is -0.929. The van der Waals surface area contributed by atoms with Crippen LogP contribution in [0.1, 0.15) is 150 Å². The third-order valence-electron chi connectivity index (χ3n) is 6.69. The summed E-state index contributed by atoms with van der Waals surface area (Å²) in [4.78, 5) is 0. The molecule has 0 aliphatic heterocycles. The highest BCUT2D eigenvalue weighted by Gasteiger charge is 2.25. The first kappa shape index (κ1) is 28.0. The van der Waals surface area contributed by atoms with Gasteiger partial charge in [0, 0.05) is 0 Å². The van der Waals surface area contributed by atoms with Gasteiger partial charge in [-0.25, -0.2) is 0 Å². The number of unbranched alkanes of at least 4 members (excludes halogenated alkanes) is 15. The fourth-order valence-electron chi connectivity index (χ4n) is 4.70. The van der Waals surface area contributed by atoms with Crippen molar-refractivity contribution in [2.45, 2.75) is 150 Å². The third kappa shape index (κ3) is 16.9. The molecule has 0 bridgehead atoms. The Morgan fingerprint density at radius 2 is 0.500 bits per heavy atom. The zero-order valence-corrected chi connectivity index (χ0v) is 20.7. The number of rotatable bonds is 23. The number of nitrogens with zero attached hydrogens (tertiary/aromatic N) is 1. The average Bonchev–Trinajstić information content (AvgIpc) is 2.70. The molecule has 0 aliphatic rings. The molecule has 0 aromatic rings. The molecule has 0 N–H and O–H groups in total. The number of hydrogen-bond acceptors (Lipinski definition) is 0. The lowest BCUT2D eigenvalue weighted by atomic mass is 10.1. The molecule has 0 heterocycles. The van der Waals surface area contributed by atoms with Crippen LogP contribution in [0.3, 0.4) is 0 Å². The molecular weight excluding hydrogens is 338 g/mol. The van der Waals surface area contributed by atoms with Gasteiger partial charge in [0.2, 0.25) is 0 Å². The summed E-state index contributed by atoms with van der Waals surface area (Å²) >= 11 is 0. The summed E-state index contributed by atoms with van der Waals surface area (Å²) in [6, 6.07) is 0. The van der Waals surface area contributed by atoms with Crippen LogP contribution in [0.25, 0.3) is 0 Å². The maximum Gasteiger partial charge on any atom is 0.0786 e. The molecule has 0 amide bonds. The summed E-state index contributed by atoms with van der Waals surface area (Å²) in [7, 11) is 0. The number of quaternary nitrogens is 1. The van der Waals surface area contributed by atoms with E-state index in [9.17, 15) is 0 Å². The Balaban J connectivity index is 4.66. The van der Waals surface area contributed by atoms with E-state index < -0.39 is 0 Å². The van der Waals surface area contributed by atoms with Crippen molar-refractivity contribution < 1.29 is 4.48 Å². The molecule has 0 aromatic heterocycles. The molecule has 0 saturated heterocycles. The van der Waals surface area contributed by atoms with E-state index in [1.165, 1.54) is 153 Å². The highest BCUT2D eigenvalue weighted by Crippen LogP contribution is 2.20. The van der Waals surface area contributed by atoms with Crippen LogP contribution in [0.2, 0.25) is 0 Å². The standard InChI is InChI=1S/C27H58N/c1-5-9-13-17-21-25-28(24-20-16-12-8-4,26-22-18-14-10-6-2)27-23-19-15-11-7-3/h5-27H2,1-4H3/q+1. The van der Waals surface area contributed by atoms with E-state index in [0.717, 1.165) is 0 Å². The van der Waals surface area contributed by atoms with Gasteiger partial charge in [-0.1, -0.05) is 98.3 Å². The Morgan fingerprint density at radius 3 is 0.750 bits per heavy atom. The highest BCUT2D eigenvalue weighted by molar-refractivity contribution is 4.54. The summed E-state index contributed by atoms with van der Waals surface area (Å²) in [5, 5.41) is 0. The Kier molecular flexibility index (Phi) is 21.6. The van der Waals surface area contributed by atoms with Gasteiger partial charge < -0.3 is 4.48 Å². The van der Waals surface area contributed by atoms with Gasteiger partial charge in [0.1, 0.15) is 0 Å². The van der Waals surface area contributed by atoms with E-state index >= 15 is 0 Å². The van der Waals surface area contributed by atoms with Crippen LogP contribution in [0.4, 0.5) is 0 Å². The molecule has 0 radical (unpaired) electrons. The van der Waals surface area contributed by atoms with Crippen LogP contribution in [0, 0.1) is 0 Å². The third-order valence-corrected chi connectivity index (χ3v) is 6.69. The first-order chi connectivity index (χ1) is 13.7. The molecule has 0 aromatic carbocycles. The largest absolute Gasteiger partial charge is 0.324 e. The quantitative estimate of drug-likeness (QED) is 0.119. The summed E-state index contributed by atoms with van der Waals surface area (Å²) in [6.07, 6.45) is 27.3. The first-order valence-corrected chi connectivity index (χ1v) is 13.6. The van der Waals surface area contributed by atoms with Gasteiger partial charge in [-0.3, -0.25) is 0 Å². The van der Waals surface area contributed by atoms with Crippen molar-refractivity contribution in [1.29, 1.82) is 0 Å². The van der Waals surface area contributed by atoms with Crippen molar-refractivity contribution in [2.75, 3.05) is 26.2 Å². The van der Waals surface area contributed by atoms with Gasteiger partial charge in [0.15, 0.2) is 0 Å². The van der Waals surface area contributed by atoms with Crippen LogP contribution < -0.4 is 0 Å². The van der Waals surface area contributed by atoms with Crippen LogP contribution in [0.5, 0.6) is 0 Å². The molecule has 170 valence electrons. The van der Waals surface area contributed by atoms with Crippen molar-refractivity contribution in [1.82, 2.24) is 0 Å². The predicted molar refractivity (Wildman–Crippen MR) is 130 cm³/mol. The van der Waals surface area contributed by atoms with Crippen LogP contribution in [-0.4, -0.2) is 30.7 Å². The molecule has 0 saturated carbocycles. The zero-order valence-electron chi connectivity index (χ0n) is 20.7. The van der Waals surface area contributed by atoms with E-state index in [1.54, 1.807) is 0 Å². The van der Waals surface area contributed by atoms with Gasteiger partial charge in [0.05, 0.1) is 26.2 Å². The normalized spacial score (nSPS) is 12.0. The van der Waals surface area contributed by atoms with Crippen LogP contribution in [-0.2, 0) is 0 Å². The minimum atomic E-state index is 1.37. The van der Waals surface area contributed by atoms with E-state index in [-0.39, 0.29) is 0 Å². The minimum Gasteiger partial charge on any atom is -0.324 e. The van der Waals surface area contributed by atoms with Gasteiger partial charge in [0.25, 0.3) is 0 Å². The van der Waals surface area contributed by atoms with E-state index in [4.69, 9.17) is 0 Å². The Bertz CT molecular complexity index is 250. The monoisotopic (exact) mass is 396 g/mol. The van der Waals surface area contributed by atoms with E-state index in [1.807, 2.05) is 0 Å². The predicted octanol–water partition coefficient (Wildman–Crippen LogP) is 9.29. The topological polar surface area (TPSA) is 0 Å². The summed E-state index contributed by atoms with van der Waals surface area (Å²) in [6.45, 7) is 15.2. The summed E-state index contributed by atoms with van der Waals surface area (Å²) in [5.74, 6) is 0. The number of hydrogen-bond donors (Lipinski definition) is 0. The van der Waals surface area contributed by atoms with Crippen molar-refractivity contribution in [3.63, 3.8) is 0 Å². The maximum atomic E-state index is 2.34. The molecular formula is C27H58N+. The SMILES string of the molecule is CCCCCCC[N+](CCCCCC)(CCCCCCC)CCCCCCC. The molecule has 0 unspecified atom stereocenters. The lowest BCUT2D eigenvalue weighted by Gasteiger charge is -2.39. The maximum absolute atomic E-state index is 2.34. The molecule has 0 fully saturated rings. The van der Waals surface area contributed by atoms with Crippen LogP contribution >= 0.6 is 0 Å². The molecule has 0 aliphatic carbocycles. The van der Waals surface area contributed by atoms with Crippen molar-refractivity contribution in [3.8, 4) is 0 Å². The molecule has 1 heteroatoms. The smallest absolute Gasteiger partial charge is 0.0786 e. The Morgan fingerprint density at radius 1 is 0.286 bits per heavy atom. The Hall–Kier alpha value is -0.0400. The summed E-state index contributed by atoms with van der Waals surface area (Å²) < 4.78 is 1.47. The molecule has 1 nitrogen and oxygen atoms in total. The lowest BCUT2D eigenvalue weighted by Crippen LogP contribution is -2.50. The second-order valence-electron chi connectivity index (χ2n) is 9.54. The molecule has 28 heavy (non-hydrogen) atoms. The zero-order chi connectivity index (χ0) is 20.8. The van der Waals surface area contributed by atoms with Gasteiger partial charge in [-0.2, -0.15) is 0 Å². The summed E-state index contributed by atoms with van der Waals surface area (Å²) in [5.41, 5.74) is 0. The van der Waals surface area contributed by atoms with E-state index in [2.05, 4.69) is 27.7 Å². The fraction of sp³-hybridized carbons (Fsp3) is 1.00. The molecule has 0 rings (SSSR count). The second-order valence-corrected chi connectivity index (χ2v) is 9.54. The Labute approximate surface area is 180 Å². The van der Waals surface area contributed by atoms with Gasteiger partial charge in [-0.15, -0.1) is 0 Å². The van der Waals surface area contributed by atoms with Crippen LogP contribution in [0.15, 0.2) is 0 Å².